The summed E-state index contributed by atoms with van der Waals surface area (Å²) in [5.74, 6) is 0.259. The van der Waals surface area contributed by atoms with Gasteiger partial charge in [0.25, 0.3) is 0 Å². The van der Waals surface area contributed by atoms with Crippen molar-refractivity contribution in [2.75, 3.05) is 12.8 Å². The van der Waals surface area contributed by atoms with Crippen LogP contribution in [0.1, 0.15) is 16.1 Å². The van der Waals surface area contributed by atoms with Gasteiger partial charge in [-0.15, -0.1) is 0 Å². The zero-order valence-corrected chi connectivity index (χ0v) is 9.38. The summed E-state index contributed by atoms with van der Waals surface area (Å²) < 4.78 is 5.10. The van der Waals surface area contributed by atoms with Crippen LogP contribution in [0.4, 0.5) is 5.69 Å². The highest BCUT2D eigenvalue weighted by atomic mass is 16.5. The number of nitrogens with zero attached hydrogens (tertiary/aromatic N) is 1. The van der Waals surface area contributed by atoms with Crippen molar-refractivity contribution in [1.82, 2.24) is 4.98 Å². The third kappa shape index (κ3) is 2.25. The van der Waals surface area contributed by atoms with Crippen LogP contribution in [0.3, 0.4) is 0 Å². The quantitative estimate of drug-likeness (QED) is 0.643. The van der Waals surface area contributed by atoms with E-state index in [-0.39, 0.29) is 5.78 Å². The van der Waals surface area contributed by atoms with Gasteiger partial charge in [0, 0.05) is 17.4 Å². The predicted molar refractivity (Wildman–Crippen MR) is 65.1 cm³/mol. The number of methoxy groups -OCH3 is 1. The number of ether oxygens (including phenoxy) is 1. The van der Waals surface area contributed by atoms with E-state index >= 15 is 0 Å². The summed E-state index contributed by atoms with van der Waals surface area (Å²) in [6, 6.07) is 10.2. The van der Waals surface area contributed by atoms with Gasteiger partial charge in [0.05, 0.1) is 7.11 Å². The van der Waals surface area contributed by atoms with E-state index in [0.717, 1.165) is 0 Å². The van der Waals surface area contributed by atoms with Crippen LogP contribution in [0.5, 0.6) is 5.75 Å². The van der Waals surface area contributed by atoms with Crippen molar-refractivity contribution in [3.05, 3.63) is 53.9 Å². The van der Waals surface area contributed by atoms with Crippen LogP contribution in [0.15, 0.2) is 42.6 Å². The first kappa shape index (κ1) is 11.1. The summed E-state index contributed by atoms with van der Waals surface area (Å²) >= 11 is 0. The van der Waals surface area contributed by atoms with Crippen molar-refractivity contribution in [2.24, 2.45) is 0 Å². The van der Waals surface area contributed by atoms with Gasteiger partial charge in [0.1, 0.15) is 5.75 Å². The molecule has 0 spiro atoms. The molecule has 4 nitrogen and oxygen atoms in total. The fourth-order valence-corrected chi connectivity index (χ4v) is 1.54. The zero-order valence-electron chi connectivity index (χ0n) is 9.38. The Bertz CT molecular complexity index is 553. The van der Waals surface area contributed by atoms with Crippen molar-refractivity contribution < 1.29 is 9.53 Å². The molecule has 0 aliphatic carbocycles. The Morgan fingerprint density at radius 3 is 2.82 bits per heavy atom. The standard InChI is InChI=1S/C13H12N2O2/c1-17-11-6-3-7-15-12(11)13(16)9-4-2-5-10(14)8-9/h2-8H,14H2,1H3. The Morgan fingerprint density at radius 1 is 1.29 bits per heavy atom. The minimum Gasteiger partial charge on any atom is -0.494 e. The maximum atomic E-state index is 12.2. The van der Waals surface area contributed by atoms with Crippen LogP contribution in [-0.4, -0.2) is 17.9 Å². The number of carbonyl (C=O) groups is 1. The van der Waals surface area contributed by atoms with Crippen LogP contribution in [0.2, 0.25) is 0 Å². The van der Waals surface area contributed by atoms with E-state index in [4.69, 9.17) is 10.5 Å². The third-order valence-electron chi connectivity index (χ3n) is 2.35. The lowest BCUT2D eigenvalue weighted by Crippen LogP contribution is -2.06. The van der Waals surface area contributed by atoms with Crippen LogP contribution in [0, 0.1) is 0 Å². The molecule has 0 unspecified atom stereocenters. The minimum absolute atomic E-state index is 0.199. The Hall–Kier alpha value is -2.36. The molecule has 4 heteroatoms. The van der Waals surface area contributed by atoms with Crippen LogP contribution in [-0.2, 0) is 0 Å². The second-order valence-corrected chi connectivity index (χ2v) is 3.51. The molecule has 0 aliphatic rings. The minimum atomic E-state index is -0.199. The summed E-state index contributed by atoms with van der Waals surface area (Å²) in [4.78, 5) is 16.2. The number of nitrogens with two attached hydrogens (primary N) is 1. The monoisotopic (exact) mass is 228 g/mol. The zero-order chi connectivity index (χ0) is 12.3. The molecular formula is C13H12N2O2. The molecule has 1 aromatic heterocycles. The lowest BCUT2D eigenvalue weighted by atomic mass is 10.1. The number of hydrogen-bond donors (Lipinski definition) is 1. The fraction of sp³-hybridized carbons (Fsp3) is 0.0769. The van der Waals surface area contributed by atoms with E-state index in [1.807, 2.05) is 0 Å². The van der Waals surface area contributed by atoms with Gasteiger partial charge in [-0.1, -0.05) is 12.1 Å². The normalized spacial score (nSPS) is 9.94. The lowest BCUT2D eigenvalue weighted by Gasteiger charge is -2.06. The SMILES string of the molecule is COc1cccnc1C(=O)c1cccc(N)c1. The molecule has 0 radical (unpaired) electrons. The molecule has 2 N–H and O–H groups in total. The van der Waals surface area contributed by atoms with Gasteiger partial charge in [0.2, 0.25) is 5.78 Å². The van der Waals surface area contributed by atoms with Crippen molar-refractivity contribution in [3.63, 3.8) is 0 Å². The van der Waals surface area contributed by atoms with Crippen molar-refractivity contribution in [1.29, 1.82) is 0 Å². The van der Waals surface area contributed by atoms with Crippen molar-refractivity contribution >= 4 is 11.5 Å². The second-order valence-electron chi connectivity index (χ2n) is 3.51. The number of hydrogen-bond acceptors (Lipinski definition) is 4. The largest absolute Gasteiger partial charge is 0.494 e. The highest BCUT2D eigenvalue weighted by Crippen LogP contribution is 2.19. The number of aromatic nitrogens is 1. The van der Waals surface area contributed by atoms with Gasteiger partial charge in [-0.05, 0) is 24.3 Å². The van der Waals surface area contributed by atoms with Gasteiger partial charge in [-0.3, -0.25) is 4.79 Å². The Kier molecular flexibility index (Phi) is 3.05. The van der Waals surface area contributed by atoms with Gasteiger partial charge >= 0.3 is 0 Å². The van der Waals surface area contributed by atoms with Gasteiger partial charge in [-0.2, -0.15) is 0 Å². The fourth-order valence-electron chi connectivity index (χ4n) is 1.54. The van der Waals surface area contributed by atoms with Crippen molar-refractivity contribution in [2.45, 2.75) is 0 Å². The van der Waals surface area contributed by atoms with Gasteiger partial charge in [-0.25, -0.2) is 4.98 Å². The molecule has 1 heterocycles. The Balaban J connectivity index is 2.44. The van der Waals surface area contributed by atoms with E-state index in [1.165, 1.54) is 7.11 Å². The number of anilines is 1. The number of nitrogen functional groups attached to an aromatic ring is 1. The van der Waals surface area contributed by atoms with Crippen LogP contribution >= 0.6 is 0 Å². The predicted octanol–water partition coefficient (Wildman–Crippen LogP) is 1.90. The maximum Gasteiger partial charge on any atom is 0.215 e. The molecule has 1 aromatic carbocycles. The van der Waals surface area contributed by atoms with Crippen LogP contribution in [0.25, 0.3) is 0 Å². The highest BCUT2D eigenvalue weighted by Gasteiger charge is 2.15. The molecule has 0 atom stereocenters. The third-order valence-corrected chi connectivity index (χ3v) is 2.35. The highest BCUT2D eigenvalue weighted by molar-refractivity contribution is 6.09. The number of benzene rings is 1. The first-order valence-corrected chi connectivity index (χ1v) is 5.11. The number of rotatable bonds is 3. The molecule has 17 heavy (non-hydrogen) atoms. The molecular weight excluding hydrogens is 216 g/mol. The molecule has 0 amide bonds. The summed E-state index contributed by atoms with van der Waals surface area (Å²) in [5, 5.41) is 0. The molecule has 0 bridgehead atoms. The lowest BCUT2D eigenvalue weighted by molar-refractivity contribution is 0.103. The molecule has 0 fully saturated rings. The molecule has 2 rings (SSSR count). The van der Waals surface area contributed by atoms with E-state index in [0.29, 0.717) is 22.7 Å². The molecule has 0 saturated carbocycles. The van der Waals surface area contributed by atoms with Gasteiger partial charge in [0.15, 0.2) is 5.69 Å². The Labute approximate surface area is 99.1 Å². The smallest absolute Gasteiger partial charge is 0.215 e. The maximum absolute atomic E-state index is 12.2. The average molecular weight is 228 g/mol. The van der Waals surface area contributed by atoms with Crippen LogP contribution < -0.4 is 10.5 Å². The van der Waals surface area contributed by atoms with Crippen molar-refractivity contribution in [3.8, 4) is 5.75 Å². The molecule has 0 aliphatic heterocycles. The first-order chi connectivity index (χ1) is 8.22. The summed E-state index contributed by atoms with van der Waals surface area (Å²) in [7, 11) is 1.51. The van der Waals surface area contributed by atoms with E-state index in [1.54, 1.807) is 42.6 Å². The topological polar surface area (TPSA) is 65.2 Å². The number of ketones is 1. The van der Waals surface area contributed by atoms with E-state index in [2.05, 4.69) is 4.98 Å². The molecule has 2 aromatic rings. The van der Waals surface area contributed by atoms with E-state index in [9.17, 15) is 4.79 Å². The second kappa shape index (κ2) is 4.65. The Morgan fingerprint density at radius 2 is 2.12 bits per heavy atom. The molecule has 0 saturated heterocycles. The van der Waals surface area contributed by atoms with Gasteiger partial charge < -0.3 is 10.5 Å². The first-order valence-electron chi connectivity index (χ1n) is 5.11. The summed E-state index contributed by atoms with van der Waals surface area (Å²) in [5.41, 5.74) is 6.98. The average Bonchev–Trinajstić information content (AvgIpc) is 2.38. The number of pyridine rings is 1. The summed E-state index contributed by atoms with van der Waals surface area (Å²) in [6.07, 6.45) is 1.56. The summed E-state index contributed by atoms with van der Waals surface area (Å²) in [6.45, 7) is 0. The number of carbonyl (C=O) groups excluding carboxylic acids is 1. The molecule has 86 valence electrons. The van der Waals surface area contributed by atoms with E-state index < -0.39 is 0 Å².